The first-order chi connectivity index (χ1) is 11.7. The van der Waals surface area contributed by atoms with Crippen LogP contribution >= 0.6 is 0 Å². The first kappa shape index (κ1) is 15.9. The molecular formula is C18H18FN5. The Balaban J connectivity index is 1.64. The van der Waals surface area contributed by atoms with Crippen LogP contribution in [0.4, 0.5) is 21.8 Å². The average Bonchev–Trinajstić information content (AvgIpc) is 2.64. The Morgan fingerprint density at radius 2 is 1.79 bits per heavy atom. The molecule has 5 nitrogen and oxygen atoms in total. The minimum absolute atomic E-state index is 0.190. The number of hydrogen-bond acceptors (Lipinski definition) is 5. The first-order valence-corrected chi connectivity index (χ1v) is 7.70. The summed E-state index contributed by atoms with van der Waals surface area (Å²) in [5, 5.41) is 11.2. The fourth-order valence-electron chi connectivity index (χ4n) is 2.31. The molecule has 1 aromatic heterocycles. The molecule has 3 aromatic rings. The summed E-state index contributed by atoms with van der Waals surface area (Å²) < 4.78 is 13.6. The highest BCUT2D eigenvalue weighted by molar-refractivity contribution is 5.56. The van der Waals surface area contributed by atoms with Gasteiger partial charge in [0.2, 0.25) is 0 Å². The van der Waals surface area contributed by atoms with Crippen LogP contribution in [0.25, 0.3) is 0 Å². The summed E-state index contributed by atoms with van der Waals surface area (Å²) in [6.45, 7) is 0.564. The van der Waals surface area contributed by atoms with Crippen molar-refractivity contribution >= 4 is 17.5 Å². The summed E-state index contributed by atoms with van der Waals surface area (Å²) in [6.07, 6.45) is 2.13. The van der Waals surface area contributed by atoms with Crippen LogP contribution in [0.1, 0.15) is 5.56 Å². The topological polar surface area (TPSA) is 53.9 Å². The number of aromatic nitrogens is 3. The highest BCUT2D eigenvalue weighted by Crippen LogP contribution is 2.19. The molecule has 1 heterocycles. The average molecular weight is 323 g/mol. The van der Waals surface area contributed by atoms with E-state index in [4.69, 9.17) is 0 Å². The molecule has 0 aliphatic heterocycles. The lowest BCUT2D eigenvalue weighted by Gasteiger charge is -2.17. The summed E-state index contributed by atoms with van der Waals surface area (Å²) >= 11 is 0. The predicted octanol–water partition coefficient (Wildman–Crippen LogP) is 3.43. The van der Waals surface area contributed by atoms with Gasteiger partial charge >= 0.3 is 0 Å². The number of para-hydroxylation sites is 1. The summed E-state index contributed by atoms with van der Waals surface area (Å²) in [4.78, 5) is 6.31. The van der Waals surface area contributed by atoms with E-state index in [1.165, 1.54) is 6.07 Å². The first-order valence-electron chi connectivity index (χ1n) is 7.70. The number of nitrogens with zero attached hydrogens (tertiary/aromatic N) is 4. The van der Waals surface area contributed by atoms with E-state index >= 15 is 0 Å². The Morgan fingerprint density at radius 3 is 2.58 bits per heavy atom. The molecule has 2 aromatic carbocycles. The van der Waals surface area contributed by atoms with Crippen molar-refractivity contribution in [2.75, 3.05) is 23.8 Å². The zero-order valence-corrected chi connectivity index (χ0v) is 13.4. The van der Waals surface area contributed by atoms with E-state index in [2.05, 4.69) is 20.5 Å². The van der Waals surface area contributed by atoms with Crippen LogP contribution in [0.3, 0.4) is 0 Å². The molecule has 24 heavy (non-hydrogen) atoms. The zero-order valence-electron chi connectivity index (χ0n) is 13.4. The minimum atomic E-state index is -0.190. The monoisotopic (exact) mass is 323 g/mol. The van der Waals surface area contributed by atoms with Gasteiger partial charge in [-0.25, -0.2) is 4.39 Å². The molecule has 0 radical (unpaired) electrons. The molecule has 0 atom stereocenters. The maximum atomic E-state index is 13.6. The normalized spacial score (nSPS) is 10.4. The van der Waals surface area contributed by atoms with Gasteiger partial charge in [-0.05, 0) is 30.2 Å². The predicted molar refractivity (Wildman–Crippen MR) is 92.9 cm³/mol. The Bertz CT molecular complexity index is 794. The summed E-state index contributed by atoms with van der Waals surface area (Å²) in [7, 11) is 1.88. The maximum absolute atomic E-state index is 13.6. The number of hydrogen-bond donors (Lipinski definition) is 1. The van der Waals surface area contributed by atoms with Crippen LogP contribution in [0, 0.1) is 5.82 Å². The van der Waals surface area contributed by atoms with E-state index in [-0.39, 0.29) is 5.82 Å². The van der Waals surface area contributed by atoms with Crippen molar-refractivity contribution in [3.8, 4) is 0 Å². The molecule has 3 rings (SSSR count). The number of halogens is 1. The number of nitrogens with one attached hydrogen (secondary N) is 1. The van der Waals surface area contributed by atoms with Crippen molar-refractivity contribution in [3.05, 3.63) is 72.2 Å². The second-order valence-electron chi connectivity index (χ2n) is 5.30. The molecule has 122 valence electrons. The fourth-order valence-corrected chi connectivity index (χ4v) is 2.31. The Labute approximate surface area is 140 Å². The van der Waals surface area contributed by atoms with E-state index in [0.29, 0.717) is 30.3 Å². The second kappa shape index (κ2) is 7.50. The Hall–Kier alpha value is -3.02. The third-order valence-electron chi connectivity index (χ3n) is 3.65. The third-order valence-corrected chi connectivity index (χ3v) is 3.65. The van der Waals surface area contributed by atoms with Crippen LogP contribution < -0.4 is 10.2 Å². The largest absolute Gasteiger partial charge is 0.368 e. The molecule has 1 N–H and O–H groups in total. The molecular weight excluding hydrogens is 305 g/mol. The van der Waals surface area contributed by atoms with Crippen molar-refractivity contribution in [1.82, 2.24) is 15.2 Å². The number of benzene rings is 2. The second-order valence-corrected chi connectivity index (χ2v) is 5.30. The highest BCUT2D eigenvalue weighted by Gasteiger charge is 2.08. The van der Waals surface area contributed by atoms with Gasteiger partial charge in [0.25, 0.3) is 5.95 Å². The quantitative estimate of drug-likeness (QED) is 0.753. The van der Waals surface area contributed by atoms with Crippen molar-refractivity contribution in [2.24, 2.45) is 0 Å². The van der Waals surface area contributed by atoms with Crippen molar-refractivity contribution in [3.63, 3.8) is 0 Å². The van der Waals surface area contributed by atoms with Crippen LogP contribution in [0.5, 0.6) is 0 Å². The van der Waals surface area contributed by atoms with E-state index in [1.807, 2.05) is 48.3 Å². The summed E-state index contributed by atoms with van der Waals surface area (Å²) in [5.74, 6) is 0.917. The minimum Gasteiger partial charge on any atom is -0.368 e. The molecule has 0 saturated carbocycles. The van der Waals surface area contributed by atoms with Gasteiger partial charge in [-0.1, -0.05) is 36.4 Å². The van der Waals surface area contributed by atoms with E-state index in [0.717, 1.165) is 5.69 Å². The number of rotatable bonds is 6. The van der Waals surface area contributed by atoms with E-state index < -0.39 is 0 Å². The smallest absolute Gasteiger partial charge is 0.251 e. The van der Waals surface area contributed by atoms with Crippen molar-refractivity contribution in [1.29, 1.82) is 0 Å². The van der Waals surface area contributed by atoms with Gasteiger partial charge in [-0.15, -0.1) is 5.10 Å². The molecule has 0 saturated heterocycles. The zero-order chi connectivity index (χ0) is 16.8. The standard InChI is InChI=1S/C18H18FN5/c1-24(15-8-3-2-4-9-15)18-22-17(13-21-23-18)20-12-11-14-7-5-6-10-16(14)19/h2-10,13H,11-12H2,1H3,(H,20,22,23). The van der Waals surface area contributed by atoms with E-state index in [9.17, 15) is 4.39 Å². The third kappa shape index (κ3) is 3.84. The van der Waals surface area contributed by atoms with Gasteiger partial charge < -0.3 is 10.2 Å². The number of anilines is 3. The van der Waals surface area contributed by atoms with Crippen LogP contribution in [-0.2, 0) is 6.42 Å². The molecule has 0 fully saturated rings. The van der Waals surface area contributed by atoms with Crippen LogP contribution in [-0.4, -0.2) is 28.8 Å². The van der Waals surface area contributed by atoms with Crippen molar-refractivity contribution < 1.29 is 4.39 Å². The molecule has 0 unspecified atom stereocenters. The molecule has 0 bridgehead atoms. The Morgan fingerprint density at radius 1 is 1.04 bits per heavy atom. The lowest BCUT2D eigenvalue weighted by molar-refractivity contribution is 0.610. The van der Waals surface area contributed by atoms with Gasteiger partial charge in [0.1, 0.15) is 5.82 Å². The highest BCUT2D eigenvalue weighted by atomic mass is 19.1. The van der Waals surface area contributed by atoms with Gasteiger partial charge in [-0.2, -0.15) is 10.1 Å². The SMILES string of the molecule is CN(c1ccccc1)c1nncc(NCCc2ccccc2F)n1. The van der Waals surface area contributed by atoms with E-state index in [1.54, 1.807) is 18.3 Å². The molecule has 6 heteroatoms. The maximum Gasteiger partial charge on any atom is 0.251 e. The molecule has 0 aliphatic carbocycles. The molecule has 0 spiro atoms. The van der Waals surface area contributed by atoms with Gasteiger partial charge in [0.05, 0.1) is 6.20 Å². The lowest BCUT2D eigenvalue weighted by atomic mass is 10.1. The Kier molecular flexibility index (Phi) is 4.96. The fraction of sp³-hybridized carbons (Fsp3) is 0.167. The summed E-state index contributed by atoms with van der Waals surface area (Å²) in [5.41, 5.74) is 1.65. The van der Waals surface area contributed by atoms with Gasteiger partial charge in [-0.3, -0.25) is 0 Å². The molecule has 0 amide bonds. The molecule has 0 aliphatic rings. The van der Waals surface area contributed by atoms with Crippen LogP contribution in [0.2, 0.25) is 0 Å². The van der Waals surface area contributed by atoms with Crippen LogP contribution in [0.15, 0.2) is 60.8 Å². The summed E-state index contributed by atoms with van der Waals surface area (Å²) in [6, 6.07) is 16.6. The van der Waals surface area contributed by atoms with Crippen molar-refractivity contribution in [2.45, 2.75) is 6.42 Å². The van der Waals surface area contributed by atoms with Gasteiger partial charge in [0.15, 0.2) is 5.82 Å². The lowest BCUT2D eigenvalue weighted by Crippen LogP contribution is -2.15. The van der Waals surface area contributed by atoms with Gasteiger partial charge in [0, 0.05) is 19.3 Å².